The number of hydrogen-bond acceptors (Lipinski definition) is 3. The lowest BCUT2D eigenvalue weighted by Crippen LogP contribution is -2.40. The summed E-state index contributed by atoms with van der Waals surface area (Å²) in [4.78, 5) is 32.3. The van der Waals surface area contributed by atoms with E-state index in [-0.39, 0.29) is 11.6 Å². The molecule has 158 valence electrons. The Morgan fingerprint density at radius 1 is 1.17 bits per heavy atom. The summed E-state index contributed by atoms with van der Waals surface area (Å²) >= 11 is 12.0. The van der Waals surface area contributed by atoms with Gasteiger partial charge < -0.3 is 10.2 Å². The smallest absolute Gasteiger partial charge is 0.315 e. The van der Waals surface area contributed by atoms with Gasteiger partial charge in [-0.3, -0.25) is 9.36 Å². The molecule has 1 aromatic heterocycles. The molecule has 3 rings (SSSR count). The van der Waals surface area contributed by atoms with Crippen molar-refractivity contribution in [3.05, 3.63) is 68.7 Å². The maximum Gasteiger partial charge on any atom is 0.322 e. The maximum absolute atomic E-state index is 13.1. The topological polar surface area (TPSA) is 67.2 Å². The average Bonchev–Trinajstić information content (AvgIpc) is 2.72. The van der Waals surface area contributed by atoms with Crippen LogP contribution in [0.3, 0.4) is 0 Å². The molecule has 8 heteroatoms. The van der Waals surface area contributed by atoms with Crippen molar-refractivity contribution in [2.24, 2.45) is 7.05 Å². The first-order chi connectivity index (χ1) is 14.3. The normalized spacial score (nSPS) is 12.0. The van der Waals surface area contributed by atoms with Crippen LogP contribution >= 0.6 is 23.2 Å². The minimum Gasteiger partial charge on any atom is -0.315 e. The number of benzene rings is 2. The van der Waals surface area contributed by atoms with Gasteiger partial charge in [-0.2, -0.15) is 0 Å². The number of unbranched alkanes of at least 4 members (excludes halogenated alkanes) is 1. The van der Waals surface area contributed by atoms with Crippen molar-refractivity contribution in [1.82, 2.24) is 14.5 Å². The molecule has 0 bridgehead atoms. The summed E-state index contributed by atoms with van der Waals surface area (Å²) in [5, 5.41) is 4.49. The Morgan fingerprint density at radius 3 is 2.50 bits per heavy atom. The standard InChI is InChI=1S/C22H24Cl2N4O2/c1-4-5-12-28(22(30)25-17-9-6-15(23)7-10-17)14(2)20-26-19-13-16(24)8-11-18(19)21(29)27(20)3/h6-11,13-14H,4-5,12H2,1-3H3,(H,25,30). The Labute approximate surface area is 185 Å². The monoisotopic (exact) mass is 446 g/mol. The third-order valence-corrected chi connectivity index (χ3v) is 5.51. The molecule has 0 saturated heterocycles. The van der Waals surface area contributed by atoms with E-state index in [0.717, 1.165) is 12.8 Å². The van der Waals surface area contributed by atoms with Crippen LogP contribution in [0.1, 0.15) is 38.6 Å². The van der Waals surface area contributed by atoms with Gasteiger partial charge in [0.15, 0.2) is 0 Å². The summed E-state index contributed by atoms with van der Waals surface area (Å²) in [6, 6.07) is 11.2. The zero-order valence-electron chi connectivity index (χ0n) is 17.2. The predicted octanol–water partition coefficient (Wildman–Crippen LogP) is 5.64. The highest BCUT2D eigenvalue weighted by molar-refractivity contribution is 6.31. The molecule has 0 spiro atoms. The lowest BCUT2D eigenvalue weighted by Gasteiger charge is -2.30. The van der Waals surface area contributed by atoms with Crippen molar-refractivity contribution in [2.75, 3.05) is 11.9 Å². The van der Waals surface area contributed by atoms with Gasteiger partial charge >= 0.3 is 6.03 Å². The van der Waals surface area contributed by atoms with Crippen LogP contribution < -0.4 is 10.9 Å². The van der Waals surface area contributed by atoms with E-state index in [2.05, 4.69) is 17.2 Å². The van der Waals surface area contributed by atoms with Crippen molar-refractivity contribution in [3.63, 3.8) is 0 Å². The number of nitrogens with zero attached hydrogens (tertiary/aromatic N) is 3. The molecule has 2 amide bonds. The van der Waals surface area contributed by atoms with Crippen LogP contribution in [0, 0.1) is 0 Å². The van der Waals surface area contributed by atoms with E-state index in [0.29, 0.717) is 39.0 Å². The Kier molecular flexibility index (Phi) is 7.00. The van der Waals surface area contributed by atoms with Crippen LogP contribution in [0.2, 0.25) is 10.0 Å². The second-order valence-electron chi connectivity index (χ2n) is 7.16. The van der Waals surface area contributed by atoms with Crippen LogP contribution in [0.15, 0.2) is 47.3 Å². The van der Waals surface area contributed by atoms with Crippen molar-refractivity contribution in [1.29, 1.82) is 0 Å². The first-order valence-electron chi connectivity index (χ1n) is 9.81. The highest BCUT2D eigenvalue weighted by Crippen LogP contribution is 2.23. The van der Waals surface area contributed by atoms with E-state index in [1.165, 1.54) is 4.57 Å². The number of aromatic nitrogens is 2. The second-order valence-corrected chi connectivity index (χ2v) is 8.03. The van der Waals surface area contributed by atoms with Gasteiger partial charge in [0, 0.05) is 29.3 Å². The van der Waals surface area contributed by atoms with E-state index in [9.17, 15) is 9.59 Å². The predicted molar refractivity (Wildman–Crippen MR) is 122 cm³/mol. The average molecular weight is 447 g/mol. The molecule has 1 unspecified atom stereocenters. The number of fused-ring (bicyclic) bond motifs is 1. The lowest BCUT2D eigenvalue weighted by molar-refractivity contribution is 0.187. The van der Waals surface area contributed by atoms with Crippen molar-refractivity contribution >= 4 is 45.8 Å². The second kappa shape index (κ2) is 9.49. The van der Waals surface area contributed by atoms with Gasteiger partial charge in [0.05, 0.1) is 16.9 Å². The van der Waals surface area contributed by atoms with Gasteiger partial charge in [-0.15, -0.1) is 0 Å². The highest BCUT2D eigenvalue weighted by Gasteiger charge is 2.25. The molecule has 6 nitrogen and oxygen atoms in total. The van der Waals surface area contributed by atoms with Crippen molar-refractivity contribution in [2.45, 2.75) is 32.7 Å². The Bertz CT molecular complexity index is 1110. The third kappa shape index (κ3) is 4.77. The van der Waals surface area contributed by atoms with Gasteiger partial charge in [0.25, 0.3) is 5.56 Å². The molecule has 1 atom stereocenters. The molecule has 30 heavy (non-hydrogen) atoms. The number of amides is 2. The quantitative estimate of drug-likeness (QED) is 0.532. The number of nitrogens with one attached hydrogen (secondary N) is 1. The first kappa shape index (κ1) is 22.1. The number of anilines is 1. The molecule has 0 fully saturated rings. The van der Waals surface area contributed by atoms with Crippen LogP contribution in [-0.4, -0.2) is 27.0 Å². The SMILES string of the molecule is CCCCN(C(=O)Nc1ccc(Cl)cc1)C(C)c1nc2cc(Cl)ccc2c(=O)n1C. The Balaban J connectivity index is 1.97. The van der Waals surface area contributed by atoms with E-state index in [1.807, 2.05) is 6.92 Å². The molecular weight excluding hydrogens is 423 g/mol. The summed E-state index contributed by atoms with van der Waals surface area (Å²) in [6.07, 6.45) is 1.75. The minimum absolute atomic E-state index is 0.174. The van der Waals surface area contributed by atoms with E-state index < -0.39 is 6.04 Å². The maximum atomic E-state index is 13.1. The van der Waals surface area contributed by atoms with Gasteiger partial charge in [-0.05, 0) is 55.8 Å². The molecule has 2 aromatic carbocycles. The van der Waals surface area contributed by atoms with Crippen molar-refractivity contribution < 1.29 is 4.79 Å². The fourth-order valence-corrected chi connectivity index (χ4v) is 3.59. The van der Waals surface area contributed by atoms with Crippen LogP contribution in [-0.2, 0) is 7.05 Å². The van der Waals surface area contributed by atoms with Crippen LogP contribution in [0.4, 0.5) is 10.5 Å². The molecular formula is C22H24Cl2N4O2. The summed E-state index contributed by atoms with van der Waals surface area (Å²) in [6.45, 7) is 4.46. The molecule has 0 aliphatic carbocycles. The summed E-state index contributed by atoms with van der Waals surface area (Å²) in [7, 11) is 1.67. The molecule has 0 saturated carbocycles. The summed E-state index contributed by atoms with van der Waals surface area (Å²) in [5.74, 6) is 0.497. The summed E-state index contributed by atoms with van der Waals surface area (Å²) < 4.78 is 1.50. The molecule has 1 N–H and O–H groups in total. The van der Waals surface area contributed by atoms with Crippen LogP contribution in [0.5, 0.6) is 0 Å². The molecule has 3 aromatic rings. The Hall–Kier alpha value is -2.57. The first-order valence-corrected chi connectivity index (χ1v) is 10.6. The molecule has 0 aliphatic rings. The fourth-order valence-electron chi connectivity index (χ4n) is 3.30. The largest absolute Gasteiger partial charge is 0.322 e. The van der Waals surface area contributed by atoms with E-state index in [1.54, 1.807) is 54.4 Å². The Morgan fingerprint density at radius 2 is 1.83 bits per heavy atom. The molecule has 0 aliphatic heterocycles. The molecule has 0 radical (unpaired) electrons. The fraction of sp³-hybridized carbons (Fsp3) is 0.318. The van der Waals surface area contributed by atoms with Gasteiger partial charge in [-0.25, -0.2) is 9.78 Å². The number of hydrogen-bond donors (Lipinski definition) is 1. The number of carbonyl (C=O) groups is 1. The highest BCUT2D eigenvalue weighted by atomic mass is 35.5. The zero-order chi connectivity index (χ0) is 21.8. The van der Waals surface area contributed by atoms with Gasteiger partial charge in [-0.1, -0.05) is 36.5 Å². The molecule has 1 heterocycles. The minimum atomic E-state index is -0.426. The number of halogens is 2. The summed E-state index contributed by atoms with van der Waals surface area (Å²) in [5.41, 5.74) is 0.985. The van der Waals surface area contributed by atoms with E-state index >= 15 is 0 Å². The zero-order valence-corrected chi connectivity index (χ0v) is 18.7. The number of carbonyl (C=O) groups excluding carboxylic acids is 1. The van der Waals surface area contributed by atoms with Gasteiger partial charge in [0.2, 0.25) is 0 Å². The van der Waals surface area contributed by atoms with E-state index in [4.69, 9.17) is 23.2 Å². The van der Waals surface area contributed by atoms with Crippen LogP contribution in [0.25, 0.3) is 10.9 Å². The van der Waals surface area contributed by atoms with Crippen molar-refractivity contribution in [3.8, 4) is 0 Å². The third-order valence-electron chi connectivity index (χ3n) is 5.02. The number of rotatable bonds is 6. The lowest BCUT2D eigenvalue weighted by atomic mass is 10.2. The number of urea groups is 1. The van der Waals surface area contributed by atoms with Gasteiger partial charge in [0.1, 0.15) is 5.82 Å².